The van der Waals surface area contributed by atoms with Crippen molar-refractivity contribution in [2.24, 2.45) is 0 Å². The van der Waals surface area contributed by atoms with Gasteiger partial charge in [0.1, 0.15) is 5.54 Å². The number of hydrogen-bond acceptors (Lipinski definition) is 1. The van der Waals surface area contributed by atoms with Crippen LogP contribution in [-0.4, -0.2) is 17.4 Å². The molecule has 2 nitrogen and oxygen atoms in total. The quantitative estimate of drug-likeness (QED) is 0.150. The predicted molar refractivity (Wildman–Crippen MR) is 301 cm³/mol. The number of carbonyl (C=O) groups is 1. The highest BCUT2D eigenvalue weighted by molar-refractivity contribution is 6.82. The second kappa shape index (κ2) is 6.11. The van der Waals surface area contributed by atoms with Crippen molar-refractivity contribution in [2.45, 2.75) is 17.9 Å². The molecule has 0 bridgehead atoms. The fourth-order valence-electron chi connectivity index (χ4n) is 25.8. The lowest BCUT2D eigenvalue weighted by Crippen LogP contribution is -2.66. The molecule has 29 aromatic rings. The highest BCUT2D eigenvalue weighted by Crippen LogP contribution is 2.86. The van der Waals surface area contributed by atoms with Gasteiger partial charge in [-0.15, -0.1) is 0 Å². The standard InChI is InChI=1S/C69H8ClNO/c1-2-71-67(72)7-4-3-6(70)5-8(7)68-63-55-47-37-27-19-11-9-10-13-17-15(11)23-31-25(17)35-29-21(13)22-14(10)18-16-12(9)20(19)28-34-24(16)32-26(18)36-30(22)40-39(29)51-45(35)53-43(31)49(41(47)33(23)27)57(63)59(53)65-61(51)62-52(40)46(36)54-44(32)50-42(34)48(38(28)37)56(55)64(68)58(50)60(54)66(62)69(65,68)71/h3-5H,2H2,1H3. The fraction of sp³-hybridized carbons (Fsp3) is 0.0580. The molecule has 2 spiro atoms. The first-order valence-electron chi connectivity index (χ1n) is 26.6. The van der Waals surface area contributed by atoms with Crippen molar-refractivity contribution in [1.29, 1.82) is 0 Å². The molecule has 34 rings (SSSR count). The van der Waals surface area contributed by atoms with Crippen LogP contribution in [0.3, 0.4) is 0 Å². The van der Waals surface area contributed by atoms with Gasteiger partial charge in [-0.25, -0.2) is 0 Å². The minimum atomic E-state index is -0.818. The zero-order valence-electron chi connectivity index (χ0n) is 36.7. The minimum absolute atomic E-state index is 0.173. The molecule has 302 valence electrons. The summed E-state index contributed by atoms with van der Waals surface area (Å²) in [6.07, 6.45) is 0. The number of carbonyl (C=O) groups excluding carboxylic acids is 1. The number of rotatable bonds is 1. The van der Waals surface area contributed by atoms with E-state index in [0.29, 0.717) is 6.54 Å². The van der Waals surface area contributed by atoms with Crippen molar-refractivity contribution in [3.8, 4) is 0 Å². The Kier molecular flexibility index (Phi) is 2.30. The Morgan fingerprint density at radius 2 is 0.528 bits per heavy atom. The van der Waals surface area contributed by atoms with Crippen molar-refractivity contribution in [2.75, 3.05) is 6.54 Å². The summed E-state index contributed by atoms with van der Waals surface area (Å²) in [7, 11) is 0. The van der Waals surface area contributed by atoms with Gasteiger partial charge in [0.2, 0.25) is 0 Å². The average Bonchev–Trinajstić information content (AvgIpc) is 4.14. The summed E-state index contributed by atoms with van der Waals surface area (Å²) in [5.41, 5.74) is 6.52. The Morgan fingerprint density at radius 1 is 0.319 bits per heavy atom. The second-order valence-electron chi connectivity index (χ2n) is 25.9. The van der Waals surface area contributed by atoms with E-state index in [-0.39, 0.29) is 5.91 Å². The molecule has 29 aromatic carbocycles. The molecule has 0 saturated carbocycles. The maximum atomic E-state index is 16.6. The highest BCUT2D eigenvalue weighted by Gasteiger charge is 2.75. The van der Waals surface area contributed by atoms with Crippen molar-refractivity contribution in [3.05, 3.63) is 56.6 Å². The first kappa shape index (κ1) is 27.2. The molecule has 4 aliphatic carbocycles. The molecule has 3 heteroatoms. The molecule has 0 saturated heterocycles. The van der Waals surface area contributed by atoms with Gasteiger partial charge in [0.15, 0.2) is 0 Å². The summed E-state index contributed by atoms with van der Waals surface area (Å²) in [4.78, 5) is 19.1. The Labute approximate surface area is 396 Å². The lowest BCUT2D eigenvalue weighted by atomic mass is 9.48. The van der Waals surface area contributed by atoms with E-state index in [1.807, 2.05) is 6.07 Å². The molecule has 0 fully saturated rings. The molecular formula is C69H8ClNO. The molecule has 0 radical (unpaired) electrons. The zero-order valence-corrected chi connectivity index (χ0v) is 37.4. The molecule has 1 amide bonds. The van der Waals surface area contributed by atoms with Crippen LogP contribution in [0.4, 0.5) is 0 Å². The molecule has 1 aliphatic heterocycles. The number of likely N-dealkylation sites (N-methyl/N-ethyl adjacent to an activating group) is 1. The van der Waals surface area contributed by atoms with E-state index < -0.39 is 11.0 Å². The van der Waals surface area contributed by atoms with E-state index in [1.165, 1.54) is 92.5 Å². The van der Waals surface area contributed by atoms with Gasteiger partial charge in [-0.1, -0.05) is 11.6 Å². The Hall–Kier alpha value is -8.56. The summed E-state index contributed by atoms with van der Waals surface area (Å²) in [5.74, 6) is 0.173. The number of fused-ring (bicyclic) bond motifs is 1. The van der Waals surface area contributed by atoms with Gasteiger partial charge in [-0.2, -0.15) is 0 Å². The van der Waals surface area contributed by atoms with Gasteiger partial charge in [0.25, 0.3) is 5.91 Å². The van der Waals surface area contributed by atoms with E-state index in [1.54, 1.807) is 226 Å². The maximum Gasteiger partial charge on any atom is 0.255 e. The number of benzene rings is 19. The molecule has 0 atom stereocenters. The first-order chi connectivity index (χ1) is 35.7. The van der Waals surface area contributed by atoms with Crippen molar-refractivity contribution in [1.82, 2.24) is 4.90 Å². The number of nitrogens with zero attached hydrogens (tertiary/aromatic N) is 1. The molecule has 72 heavy (non-hydrogen) atoms. The molecule has 5 aliphatic rings. The van der Waals surface area contributed by atoms with Crippen LogP contribution in [0.1, 0.15) is 45.1 Å². The normalized spacial score (nSPS) is 22.2. The summed E-state index contributed by atoms with van der Waals surface area (Å²) in [6, 6.07) is 6.49. The summed E-state index contributed by atoms with van der Waals surface area (Å²) in [5, 5.41) is 85.7. The summed E-state index contributed by atoms with van der Waals surface area (Å²) in [6.45, 7) is 2.94. The Balaban J connectivity index is 1.20. The maximum absolute atomic E-state index is 16.6. The highest BCUT2D eigenvalue weighted by atomic mass is 35.5. The topological polar surface area (TPSA) is 20.3 Å². The number of halogens is 1. The van der Waals surface area contributed by atoms with Crippen LogP contribution in [0.2, 0.25) is 5.02 Å². The van der Waals surface area contributed by atoms with E-state index in [9.17, 15) is 0 Å². The largest absolute Gasteiger partial charge is 0.323 e. The van der Waals surface area contributed by atoms with Gasteiger partial charge in [-0.05, 0) is 333 Å². The third-order valence-electron chi connectivity index (χ3n) is 25.8. The van der Waals surface area contributed by atoms with E-state index in [4.69, 9.17) is 11.6 Å². The van der Waals surface area contributed by atoms with Crippen LogP contribution in [0.5, 0.6) is 0 Å². The third-order valence-corrected chi connectivity index (χ3v) is 26.1. The minimum Gasteiger partial charge on any atom is -0.323 e. The Bertz CT molecular complexity index is 7380. The molecular weight excluding hydrogens is 894 g/mol. The molecule has 0 aromatic heterocycles. The van der Waals surface area contributed by atoms with Crippen molar-refractivity contribution < 1.29 is 4.79 Å². The monoisotopic (exact) mass is 901 g/mol. The van der Waals surface area contributed by atoms with Crippen molar-refractivity contribution >= 4 is 308 Å². The summed E-state index contributed by atoms with van der Waals surface area (Å²) >= 11 is 7.57. The zero-order chi connectivity index (χ0) is 43.2. The molecule has 0 unspecified atom stereocenters. The first-order valence-corrected chi connectivity index (χ1v) is 27.0. The smallest absolute Gasteiger partial charge is 0.255 e. The van der Waals surface area contributed by atoms with E-state index >= 15 is 4.79 Å². The van der Waals surface area contributed by atoms with Gasteiger partial charge in [0.05, 0.1) is 5.41 Å². The van der Waals surface area contributed by atoms with E-state index in [0.717, 1.165) is 10.6 Å². The SMILES string of the molecule is CCN1C(=O)c2ccc(Cl)cc2C23c4c5c6c7c8c9c(c%10c%11c2c2c4c4c%12c5c5c6c6c8c8c%13c9c9c%10c%10c%11c%11c2c2c4c4c%12c%12c5c5c6c8c6c8c%13c9c9c%10c%10c%11c2c2c4c4c%12c5c6c5c8c9c%10c2c45)C713. The lowest BCUT2D eigenvalue weighted by molar-refractivity contribution is 0.0401. The molecule has 0 N–H and O–H groups in total. The Morgan fingerprint density at radius 3 is 0.750 bits per heavy atom. The second-order valence-corrected chi connectivity index (χ2v) is 26.4. The van der Waals surface area contributed by atoms with E-state index in [2.05, 4.69) is 24.0 Å². The van der Waals surface area contributed by atoms with Crippen LogP contribution >= 0.6 is 11.6 Å². The van der Waals surface area contributed by atoms with Gasteiger partial charge in [0, 0.05) is 28.3 Å². The average molecular weight is 902 g/mol. The van der Waals surface area contributed by atoms with Gasteiger partial charge >= 0.3 is 0 Å². The summed E-state index contributed by atoms with van der Waals surface area (Å²) < 4.78 is 0. The lowest BCUT2D eigenvalue weighted by Gasteiger charge is -2.61. The van der Waals surface area contributed by atoms with Gasteiger partial charge < -0.3 is 4.90 Å². The fourth-order valence-corrected chi connectivity index (χ4v) is 26.0. The number of amides is 1. The van der Waals surface area contributed by atoms with Crippen LogP contribution in [0, 0.1) is 0 Å². The van der Waals surface area contributed by atoms with Crippen LogP contribution < -0.4 is 0 Å². The van der Waals surface area contributed by atoms with Crippen molar-refractivity contribution in [3.63, 3.8) is 0 Å². The molecule has 1 heterocycles. The predicted octanol–water partition coefficient (Wildman–Crippen LogP) is 18.4. The van der Waals surface area contributed by atoms with Crippen LogP contribution in [-0.2, 0) is 11.0 Å². The van der Waals surface area contributed by atoms with Crippen LogP contribution in [0.15, 0.2) is 18.2 Å². The van der Waals surface area contributed by atoms with Crippen LogP contribution in [0.25, 0.3) is 291 Å². The number of hydrogen-bond donors (Lipinski definition) is 0. The van der Waals surface area contributed by atoms with Gasteiger partial charge in [-0.3, -0.25) is 4.79 Å². The third kappa shape index (κ3) is 1.41.